The lowest BCUT2D eigenvalue weighted by molar-refractivity contribution is 0.262. The van der Waals surface area contributed by atoms with Crippen molar-refractivity contribution in [2.45, 2.75) is 0 Å². The molecular formula is C14H11Cl3N2O2. The molecule has 0 atom stereocenters. The smallest absolute Gasteiger partial charge is 0.323 e. The molecule has 0 aliphatic heterocycles. The van der Waals surface area contributed by atoms with E-state index in [2.05, 4.69) is 10.6 Å². The number of rotatable bonds is 3. The summed E-state index contributed by atoms with van der Waals surface area (Å²) < 4.78 is 5.15. The number of carbonyl (C=O) groups is 1. The van der Waals surface area contributed by atoms with Gasteiger partial charge < -0.3 is 15.4 Å². The van der Waals surface area contributed by atoms with E-state index < -0.39 is 6.03 Å². The first-order chi connectivity index (χ1) is 9.97. The van der Waals surface area contributed by atoms with Crippen LogP contribution < -0.4 is 15.4 Å². The lowest BCUT2D eigenvalue weighted by Crippen LogP contribution is -2.19. The van der Waals surface area contributed by atoms with Gasteiger partial charge in [0.05, 0.1) is 12.8 Å². The first-order valence-electron chi connectivity index (χ1n) is 5.85. The Labute approximate surface area is 137 Å². The van der Waals surface area contributed by atoms with Crippen molar-refractivity contribution in [2.75, 3.05) is 17.7 Å². The predicted molar refractivity (Wildman–Crippen MR) is 87.1 cm³/mol. The summed E-state index contributed by atoms with van der Waals surface area (Å²) >= 11 is 17.6. The van der Waals surface area contributed by atoms with Crippen LogP contribution in [-0.4, -0.2) is 13.1 Å². The number of carbonyl (C=O) groups excluding carboxylic acids is 1. The van der Waals surface area contributed by atoms with Gasteiger partial charge in [0.25, 0.3) is 0 Å². The second kappa shape index (κ2) is 6.89. The van der Waals surface area contributed by atoms with E-state index in [1.807, 2.05) is 0 Å². The van der Waals surface area contributed by atoms with Crippen molar-refractivity contribution in [3.63, 3.8) is 0 Å². The molecule has 2 N–H and O–H groups in total. The minimum atomic E-state index is -0.464. The second-order valence-electron chi connectivity index (χ2n) is 4.08. The molecule has 0 spiro atoms. The number of ether oxygens (including phenoxy) is 1. The Kier molecular flexibility index (Phi) is 5.17. The summed E-state index contributed by atoms with van der Waals surface area (Å²) in [5.41, 5.74) is 0.932. The Morgan fingerprint density at radius 1 is 0.952 bits per heavy atom. The van der Waals surface area contributed by atoms with Crippen molar-refractivity contribution in [3.05, 3.63) is 51.5 Å². The fourth-order valence-corrected chi connectivity index (χ4v) is 2.39. The summed E-state index contributed by atoms with van der Waals surface area (Å²) in [6.07, 6.45) is 0. The molecule has 21 heavy (non-hydrogen) atoms. The maximum atomic E-state index is 12.0. The molecule has 0 aromatic heterocycles. The van der Waals surface area contributed by atoms with Crippen molar-refractivity contribution < 1.29 is 9.53 Å². The molecule has 0 heterocycles. The molecule has 0 saturated heterocycles. The van der Waals surface area contributed by atoms with Gasteiger partial charge >= 0.3 is 6.03 Å². The highest BCUT2D eigenvalue weighted by atomic mass is 35.5. The molecule has 0 radical (unpaired) electrons. The summed E-state index contributed by atoms with van der Waals surface area (Å²) in [5.74, 6) is 0.499. The van der Waals surface area contributed by atoms with Crippen LogP contribution in [-0.2, 0) is 0 Å². The molecule has 4 nitrogen and oxygen atoms in total. The third-order valence-corrected chi connectivity index (χ3v) is 3.20. The maximum Gasteiger partial charge on any atom is 0.323 e. The summed E-state index contributed by atoms with van der Waals surface area (Å²) in [6, 6.07) is 9.20. The van der Waals surface area contributed by atoms with Gasteiger partial charge in [0.1, 0.15) is 5.75 Å². The van der Waals surface area contributed by atoms with Gasteiger partial charge in [-0.3, -0.25) is 0 Å². The Morgan fingerprint density at radius 3 is 2.24 bits per heavy atom. The highest BCUT2D eigenvalue weighted by Gasteiger charge is 2.09. The van der Waals surface area contributed by atoms with E-state index in [4.69, 9.17) is 39.5 Å². The van der Waals surface area contributed by atoms with E-state index in [1.165, 1.54) is 7.11 Å². The lowest BCUT2D eigenvalue weighted by atomic mass is 10.3. The largest absolute Gasteiger partial charge is 0.495 e. The second-order valence-corrected chi connectivity index (χ2v) is 5.39. The van der Waals surface area contributed by atoms with Gasteiger partial charge in [0.15, 0.2) is 0 Å². The van der Waals surface area contributed by atoms with E-state index in [0.29, 0.717) is 32.2 Å². The minimum Gasteiger partial charge on any atom is -0.495 e. The molecule has 0 unspecified atom stereocenters. The Balaban J connectivity index is 2.13. The number of urea groups is 1. The van der Waals surface area contributed by atoms with Crippen molar-refractivity contribution in [1.29, 1.82) is 0 Å². The molecule has 2 aromatic carbocycles. The van der Waals surface area contributed by atoms with Gasteiger partial charge in [-0.15, -0.1) is 0 Å². The molecule has 110 valence electrons. The zero-order valence-corrected chi connectivity index (χ0v) is 13.2. The number of hydrogen-bond acceptors (Lipinski definition) is 2. The van der Waals surface area contributed by atoms with Crippen LogP contribution in [0.15, 0.2) is 36.4 Å². The fourth-order valence-electron chi connectivity index (χ4n) is 1.69. The maximum absolute atomic E-state index is 12.0. The van der Waals surface area contributed by atoms with Crippen molar-refractivity contribution in [3.8, 4) is 5.75 Å². The number of methoxy groups -OCH3 is 1. The number of amides is 2. The van der Waals surface area contributed by atoms with E-state index >= 15 is 0 Å². The molecule has 0 aliphatic carbocycles. The van der Waals surface area contributed by atoms with Crippen LogP contribution in [0.2, 0.25) is 15.1 Å². The first-order valence-corrected chi connectivity index (χ1v) is 6.99. The van der Waals surface area contributed by atoms with Crippen LogP contribution in [0.4, 0.5) is 16.2 Å². The highest BCUT2D eigenvalue weighted by Crippen LogP contribution is 2.28. The minimum absolute atomic E-state index is 0.429. The Morgan fingerprint density at radius 2 is 1.62 bits per heavy atom. The molecule has 0 fully saturated rings. The van der Waals surface area contributed by atoms with Crippen molar-refractivity contribution in [1.82, 2.24) is 0 Å². The fraction of sp³-hybridized carbons (Fsp3) is 0.0714. The zero-order valence-electron chi connectivity index (χ0n) is 10.9. The average molecular weight is 346 g/mol. The lowest BCUT2D eigenvalue weighted by Gasteiger charge is -2.12. The quantitative estimate of drug-likeness (QED) is 0.793. The third kappa shape index (κ3) is 4.43. The SMILES string of the molecule is COc1ccc(Cl)cc1NC(=O)Nc1cc(Cl)cc(Cl)c1. The van der Waals surface area contributed by atoms with Gasteiger partial charge in [-0.2, -0.15) is 0 Å². The standard InChI is InChI=1S/C14H11Cl3N2O2/c1-21-13-3-2-8(15)7-12(13)19-14(20)18-11-5-9(16)4-10(17)6-11/h2-7H,1H3,(H2,18,19,20). The van der Waals surface area contributed by atoms with Crippen LogP contribution in [0.1, 0.15) is 0 Å². The molecule has 0 aliphatic rings. The zero-order chi connectivity index (χ0) is 15.4. The normalized spacial score (nSPS) is 10.1. The summed E-state index contributed by atoms with van der Waals surface area (Å²) in [4.78, 5) is 12.0. The monoisotopic (exact) mass is 344 g/mol. The summed E-state index contributed by atoms with van der Waals surface area (Å²) in [5, 5.41) is 6.61. The molecule has 2 aromatic rings. The third-order valence-electron chi connectivity index (χ3n) is 2.53. The van der Waals surface area contributed by atoms with Crippen LogP contribution in [0, 0.1) is 0 Å². The van der Waals surface area contributed by atoms with Crippen LogP contribution in [0.5, 0.6) is 5.75 Å². The van der Waals surface area contributed by atoms with Gasteiger partial charge in [0.2, 0.25) is 0 Å². The van der Waals surface area contributed by atoms with Crippen molar-refractivity contribution in [2.24, 2.45) is 0 Å². The number of hydrogen-bond donors (Lipinski definition) is 2. The van der Waals surface area contributed by atoms with Gasteiger partial charge in [-0.05, 0) is 36.4 Å². The van der Waals surface area contributed by atoms with Gasteiger partial charge in [-0.25, -0.2) is 4.79 Å². The predicted octanol–water partition coefficient (Wildman–Crippen LogP) is 5.30. The van der Waals surface area contributed by atoms with Crippen LogP contribution in [0.25, 0.3) is 0 Å². The van der Waals surface area contributed by atoms with Gasteiger partial charge in [-0.1, -0.05) is 34.8 Å². The molecule has 0 saturated carbocycles. The molecule has 7 heteroatoms. The number of anilines is 2. The Hall–Kier alpha value is -1.62. The number of nitrogens with one attached hydrogen (secondary N) is 2. The average Bonchev–Trinajstić information content (AvgIpc) is 2.37. The van der Waals surface area contributed by atoms with Crippen LogP contribution >= 0.6 is 34.8 Å². The van der Waals surface area contributed by atoms with Gasteiger partial charge in [0, 0.05) is 20.8 Å². The topological polar surface area (TPSA) is 50.4 Å². The molecule has 0 bridgehead atoms. The molecular weight excluding hydrogens is 335 g/mol. The number of benzene rings is 2. The van der Waals surface area contributed by atoms with Crippen molar-refractivity contribution >= 4 is 52.2 Å². The van der Waals surface area contributed by atoms with E-state index in [-0.39, 0.29) is 0 Å². The van der Waals surface area contributed by atoms with E-state index in [1.54, 1.807) is 36.4 Å². The number of halogens is 3. The summed E-state index contributed by atoms with van der Waals surface area (Å²) in [6.45, 7) is 0. The van der Waals surface area contributed by atoms with Crippen LogP contribution in [0.3, 0.4) is 0 Å². The summed E-state index contributed by atoms with van der Waals surface area (Å²) in [7, 11) is 1.50. The highest BCUT2D eigenvalue weighted by molar-refractivity contribution is 6.35. The molecule has 2 rings (SSSR count). The van der Waals surface area contributed by atoms with E-state index in [0.717, 1.165) is 0 Å². The Bertz CT molecular complexity index is 657. The first kappa shape index (κ1) is 15.8. The van der Waals surface area contributed by atoms with E-state index in [9.17, 15) is 4.79 Å². The molecule has 2 amide bonds.